The molecule has 0 aliphatic heterocycles. The van der Waals surface area contributed by atoms with Crippen LogP contribution in [0, 0.1) is 0 Å². The molecule has 0 N–H and O–H groups in total. The Morgan fingerprint density at radius 2 is 1.92 bits per heavy atom. The second-order valence-corrected chi connectivity index (χ2v) is 8.78. The SMILES string of the molecule is CCCc1cc(-c2nnc(SCc3ccc(Br)cc3)n2CCC)cs1. The predicted octanol–water partition coefficient (Wildman–Crippen LogP) is 6.42. The number of hydrogen-bond acceptors (Lipinski definition) is 4. The van der Waals surface area contributed by atoms with Crippen molar-refractivity contribution in [1.29, 1.82) is 0 Å². The van der Waals surface area contributed by atoms with E-state index >= 15 is 0 Å². The summed E-state index contributed by atoms with van der Waals surface area (Å²) in [5.41, 5.74) is 2.49. The van der Waals surface area contributed by atoms with E-state index in [9.17, 15) is 0 Å². The van der Waals surface area contributed by atoms with Crippen molar-refractivity contribution in [3.8, 4) is 11.4 Å². The van der Waals surface area contributed by atoms with Gasteiger partial charge in [0.25, 0.3) is 0 Å². The molecule has 3 rings (SSSR count). The highest BCUT2D eigenvalue weighted by Gasteiger charge is 2.15. The normalized spacial score (nSPS) is 11.2. The van der Waals surface area contributed by atoms with Crippen LogP contribution in [0.2, 0.25) is 0 Å². The molecule has 0 saturated carbocycles. The monoisotopic (exact) mass is 435 g/mol. The predicted molar refractivity (Wildman–Crippen MR) is 111 cm³/mol. The molecule has 3 aromatic rings. The van der Waals surface area contributed by atoms with Crippen molar-refractivity contribution >= 4 is 39.0 Å². The van der Waals surface area contributed by atoms with Gasteiger partial charge in [0, 0.05) is 32.6 Å². The van der Waals surface area contributed by atoms with Crippen LogP contribution in [-0.4, -0.2) is 14.8 Å². The highest BCUT2D eigenvalue weighted by Crippen LogP contribution is 2.30. The van der Waals surface area contributed by atoms with Gasteiger partial charge in [0.05, 0.1) is 0 Å². The molecule has 1 aromatic carbocycles. The van der Waals surface area contributed by atoms with Gasteiger partial charge in [0.15, 0.2) is 11.0 Å². The lowest BCUT2D eigenvalue weighted by atomic mass is 10.2. The highest BCUT2D eigenvalue weighted by atomic mass is 79.9. The smallest absolute Gasteiger partial charge is 0.191 e. The first-order chi connectivity index (χ1) is 12.2. The first-order valence-corrected chi connectivity index (χ1v) is 11.2. The molecule has 0 atom stereocenters. The molecule has 25 heavy (non-hydrogen) atoms. The quantitative estimate of drug-likeness (QED) is 0.382. The summed E-state index contributed by atoms with van der Waals surface area (Å²) in [4.78, 5) is 1.42. The van der Waals surface area contributed by atoms with Crippen LogP contribution in [0.5, 0.6) is 0 Å². The van der Waals surface area contributed by atoms with Crippen LogP contribution < -0.4 is 0 Å². The number of rotatable bonds is 8. The van der Waals surface area contributed by atoms with Gasteiger partial charge in [-0.3, -0.25) is 0 Å². The number of aryl methyl sites for hydroxylation is 1. The minimum atomic E-state index is 0.903. The molecule has 0 saturated heterocycles. The number of halogens is 1. The molecule has 0 unspecified atom stereocenters. The Hall–Kier alpha value is -1.11. The summed E-state index contributed by atoms with van der Waals surface area (Å²) in [6.45, 7) is 5.36. The maximum atomic E-state index is 4.50. The molecule has 132 valence electrons. The van der Waals surface area contributed by atoms with Gasteiger partial charge in [0.1, 0.15) is 0 Å². The molecule has 0 aliphatic carbocycles. The van der Waals surface area contributed by atoms with Crippen LogP contribution in [-0.2, 0) is 18.7 Å². The summed E-state index contributed by atoms with van der Waals surface area (Å²) in [5, 5.41) is 12.2. The summed E-state index contributed by atoms with van der Waals surface area (Å²) in [6, 6.07) is 10.7. The Balaban J connectivity index is 1.79. The molecule has 0 bridgehead atoms. The van der Waals surface area contributed by atoms with E-state index < -0.39 is 0 Å². The zero-order valence-corrected chi connectivity index (χ0v) is 17.8. The molecule has 2 aromatic heterocycles. The van der Waals surface area contributed by atoms with Crippen molar-refractivity contribution in [3.63, 3.8) is 0 Å². The minimum Gasteiger partial charge on any atom is -0.302 e. The fraction of sp³-hybridized carbons (Fsp3) is 0.368. The van der Waals surface area contributed by atoms with Gasteiger partial charge in [-0.25, -0.2) is 0 Å². The van der Waals surface area contributed by atoms with E-state index in [1.165, 1.54) is 22.4 Å². The topological polar surface area (TPSA) is 30.7 Å². The standard InChI is InChI=1S/C19H22BrN3S2/c1-3-5-17-11-15(13-24-17)18-21-22-19(23(18)10-4-2)25-12-14-6-8-16(20)9-7-14/h6-9,11,13H,3-5,10,12H2,1-2H3. The highest BCUT2D eigenvalue weighted by molar-refractivity contribution is 9.10. The number of thioether (sulfide) groups is 1. The van der Waals surface area contributed by atoms with Gasteiger partial charge in [-0.1, -0.05) is 60.1 Å². The molecule has 6 heteroatoms. The number of aromatic nitrogens is 3. The Morgan fingerprint density at radius 3 is 2.64 bits per heavy atom. The van der Waals surface area contributed by atoms with E-state index in [1.807, 2.05) is 11.3 Å². The third kappa shape index (κ3) is 4.74. The number of nitrogens with zero attached hydrogens (tertiary/aromatic N) is 3. The number of benzene rings is 1. The van der Waals surface area contributed by atoms with Gasteiger partial charge in [-0.05, 0) is 36.6 Å². The van der Waals surface area contributed by atoms with Crippen LogP contribution in [0.1, 0.15) is 37.1 Å². The van der Waals surface area contributed by atoms with Gasteiger partial charge >= 0.3 is 0 Å². The largest absolute Gasteiger partial charge is 0.302 e. The third-order valence-electron chi connectivity index (χ3n) is 3.85. The molecule has 2 heterocycles. The maximum Gasteiger partial charge on any atom is 0.191 e. The second-order valence-electron chi connectivity index (χ2n) is 5.92. The lowest BCUT2D eigenvalue weighted by molar-refractivity contribution is 0.626. The average molecular weight is 436 g/mol. The van der Waals surface area contributed by atoms with E-state index in [1.54, 1.807) is 11.8 Å². The van der Waals surface area contributed by atoms with E-state index in [-0.39, 0.29) is 0 Å². The zero-order chi connectivity index (χ0) is 17.6. The molecule has 0 spiro atoms. The van der Waals surface area contributed by atoms with Gasteiger partial charge < -0.3 is 4.57 Å². The van der Waals surface area contributed by atoms with Crippen LogP contribution >= 0.6 is 39.0 Å². The third-order valence-corrected chi connectivity index (χ3v) is 6.42. The molecule has 0 aliphatic rings. The Morgan fingerprint density at radius 1 is 1.12 bits per heavy atom. The van der Waals surface area contributed by atoms with Crippen LogP contribution in [0.25, 0.3) is 11.4 Å². The Bertz CT molecular complexity index is 808. The molecule has 3 nitrogen and oxygen atoms in total. The van der Waals surface area contributed by atoms with E-state index in [2.05, 4.69) is 80.3 Å². The summed E-state index contributed by atoms with van der Waals surface area (Å²) in [6.07, 6.45) is 3.39. The van der Waals surface area contributed by atoms with Crippen molar-refractivity contribution in [2.45, 2.75) is 50.6 Å². The summed E-state index contributed by atoms with van der Waals surface area (Å²) in [5.74, 6) is 1.90. The Labute approximate surface area is 166 Å². The van der Waals surface area contributed by atoms with Crippen molar-refractivity contribution in [2.75, 3.05) is 0 Å². The average Bonchev–Trinajstić information content (AvgIpc) is 3.22. The molecule has 0 radical (unpaired) electrons. The van der Waals surface area contributed by atoms with Crippen LogP contribution in [0.15, 0.2) is 45.3 Å². The van der Waals surface area contributed by atoms with E-state index in [4.69, 9.17) is 0 Å². The van der Waals surface area contributed by atoms with Crippen molar-refractivity contribution < 1.29 is 0 Å². The summed E-state index contributed by atoms with van der Waals surface area (Å²) >= 11 is 7.06. The van der Waals surface area contributed by atoms with E-state index in [0.717, 1.165) is 40.6 Å². The fourth-order valence-corrected chi connectivity index (χ4v) is 4.79. The minimum absolute atomic E-state index is 0.903. The Kier molecular flexibility index (Phi) is 6.73. The van der Waals surface area contributed by atoms with Crippen LogP contribution in [0.4, 0.5) is 0 Å². The van der Waals surface area contributed by atoms with Crippen molar-refractivity contribution in [2.24, 2.45) is 0 Å². The van der Waals surface area contributed by atoms with E-state index in [0.29, 0.717) is 0 Å². The lowest BCUT2D eigenvalue weighted by Gasteiger charge is -2.08. The summed E-state index contributed by atoms with van der Waals surface area (Å²) in [7, 11) is 0. The van der Waals surface area contributed by atoms with Crippen molar-refractivity contribution in [1.82, 2.24) is 14.8 Å². The molecule has 0 fully saturated rings. The summed E-state index contributed by atoms with van der Waals surface area (Å²) < 4.78 is 3.37. The maximum absolute atomic E-state index is 4.50. The van der Waals surface area contributed by atoms with Crippen molar-refractivity contribution in [3.05, 3.63) is 50.6 Å². The number of hydrogen-bond donors (Lipinski definition) is 0. The van der Waals surface area contributed by atoms with Gasteiger partial charge in [-0.2, -0.15) is 0 Å². The molecular weight excluding hydrogens is 414 g/mol. The number of thiophene rings is 1. The van der Waals surface area contributed by atoms with Crippen LogP contribution in [0.3, 0.4) is 0 Å². The molecule has 0 amide bonds. The first kappa shape index (κ1) is 18.7. The fourth-order valence-electron chi connectivity index (χ4n) is 2.64. The molecular formula is C19H22BrN3S2. The second kappa shape index (κ2) is 9.01. The lowest BCUT2D eigenvalue weighted by Crippen LogP contribution is -2.01. The first-order valence-electron chi connectivity index (χ1n) is 8.59. The zero-order valence-electron chi connectivity index (χ0n) is 14.5. The van der Waals surface area contributed by atoms with Gasteiger partial charge in [0.2, 0.25) is 0 Å². The van der Waals surface area contributed by atoms with Gasteiger partial charge in [-0.15, -0.1) is 21.5 Å².